The van der Waals surface area contributed by atoms with E-state index in [9.17, 15) is 0 Å². The van der Waals surface area contributed by atoms with E-state index >= 15 is 0 Å². The van der Waals surface area contributed by atoms with E-state index in [2.05, 4.69) is 59.2 Å². The third-order valence-electron chi connectivity index (χ3n) is 5.23. The second-order valence-electron chi connectivity index (χ2n) is 6.91. The maximum atomic E-state index is 3.93. The first-order chi connectivity index (χ1) is 10.7. The normalized spacial score (nSPS) is 25.4. The number of benzene rings is 1. The number of hydrogen-bond donors (Lipinski definition) is 0. The average Bonchev–Trinajstić information content (AvgIpc) is 2.56. The lowest BCUT2D eigenvalue weighted by molar-refractivity contribution is 0.534. The van der Waals surface area contributed by atoms with Crippen molar-refractivity contribution in [3.8, 4) is 0 Å². The molecule has 3 unspecified atom stereocenters. The van der Waals surface area contributed by atoms with Crippen molar-refractivity contribution in [3.05, 3.63) is 54.1 Å². The van der Waals surface area contributed by atoms with Crippen LogP contribution in [0.2, 0.25) is 0 Å². The summed E-state index contributed by atoms with van der Waals surface area (Å²) in [7, 11) is 2.95. The Morgan fingerprint density at radius 1 is 1.09 bits per heavy atom. The van der Waals surface area contributed by atoms with E-state index < -0.39 is 0 Å². The molecule has 2 aliphatic carbocycles. The second kappa shape index (κ2) is 6.97. The van der Waals surface area contributed by atoms with Gasteiger partial charge in [-0.15, -0.1) is 15.8 Å². The summed E-state index contributed by atoms with van der Waals surface area (Å²) in [5.74, 6) is 1.52. The predicted molar refractivity (Wildman–Crippen MR) is 102 cm³/mol. The summed E-state index contributed by atoms with van der Waals surface area (Å²) in [4.78, 5) is 0. The van der Waals surface area contributed by atoms with Gasteiger partial charge in [0.1, 0.15) is 0 Å². The first kappa shape index (κ1) is 15.8. The van der Waals surface area contributed by atoms with Gasteiger partial charge in [-0.3, -0.25) is 0 Å². The Morgan fingerprint density at radius 2 is 1.86 bits per heavy atom. The summed E-state index contributed by atoms with van der Waals surface area (Å²) >= 11 is 0. The zero-order valence-electron chi connectivity index (χ0n) is 13.6. The molecule has 2 aliphatic rings. The van der Waals surface area contributed by atoms with Crippen LogP contribution in [-0.4, -0.2) is 0 Å². The highest BCUT2D eigenvalue weighted by Crippen LogP contribution is 2.33. The molecule has 3 atom stereocenters. The lowest BCUT2D eigenvalue weighted by Gasteiger charge is -2.22. The van der Waals surface area contributed by atoms with Gasteiger partial charge in [0.25, 0.3) is 0 Å². The molecule has 0 saturated heterocycles. The van der Waals surface area contributed by atoms with Crippen molar-refractivity contribution in [3.63, 3.8) is 0 Å². The van der Waals surface area contributed by atoms with Gasteiger partial charge < -0.3 is 0 Å². The van der Waals surface area contributed by atoms with E-state index in [1.54, 1.807) is 5.57 Å². The third-order valence-corrected chi connectivity index (χ3v) is 5.70. The number of allylic oxidation sites excluding steroid dienone is 5. The molecular formula is C21H27P. The summed E-state index contributed by atoms with van der Waals surface area (Å²) in [6, 6.07) is 7.01. The van der Waals surface area contributed by atoms with E-state index in [1.807, 2.05) is 0 Å². The van der Waals surface area contributed by atoms with Gasteiger partial charge in [0.2, 0.25) is 0 Å². The van der Waals surface area contributed by atoms with Crippen LogP contribution < -0.4 is 5.30 Å². The topological polar surface area (TPSA) is 0 Å². The van der Waals surface area contributed by atoms with Crippen molar-refractivity contribution in [2.45, 2.75) is 45.4 Å². The Bertz CT molecular complexity index is 621. The van der Waals surface area contributed by atoms with E-state index in [0.29, 0.717) is 5.92 Å². The van der Waals surface area contributed by atoms with Gasteiger partial charge in [0, 0.05) is 0 Å². The molecule has 22 heavy (non-hydrogen) atoms. The fraction of sp³-hybridized carbons (Fsp3) is 0.429. The second-order valence-corrected chi connectivity index (χ2v) is 7.53. The average molecular weight is 310 g/mol. The van der Waals surface area contributed by atoms with Crippen LogP contribution in [0, 0.1) is 11.8 Å². The van der Waals surface area contributed by atoms with E-state index in [4.69, 9.17) is 0 Å². The Balaban J connectivity index is 1.81. The van der Waals surface area contributed by atoms with Gasteiger partial charge in [-0.05, 0) is 84.0 Å². The fourth-order valence-corrected chi connectivity index (χ4v) is 4.06. The first-order valence-electron chi connectivity index (χ1n) is 8.58. The van der Waals surface area contributed by atoms with Gasteiger partial charge in [-0.1, -0.05) is 37.3 Å². The molecule has 0 fully saturated rings. The lowest BCUT2D eigenvalue weighted by Crippen LogP contribution is -2.08. The highest BCUT2D eigenvalue weighted by molar-refractivity contribution is 7.27. The minimum Gasteiger partial charge on any atom is -0.105 e. The lowest BCUT2D eigenvalue weighted by atomic mass is 9.85. The van der Waals surface area contributed by atoms with Crippen LogP contribution in [-0.2, 0) is 0 Å². The third kappa shape index (κ3) is 3.44. The van der Waals surface area contributed by atoms with Crippen molar-refractivity contribution in [1.82, 2.24) is 0 Å². The van der Waals surface area contributed by atoms with Gasteiger partial charge in [0.05, 0.1) is 0 Å². The summed E-state index contributed by atoms with van der Waals surface area (Å²) in [6.45, 7) is 6.28. The molecule has 0 heterocycles. The largest absolute Gasteiger partial charge is 0.105 e. The molecule has 0 aromatic heterocycles. The van der Waals surface area contributed by atoms with E-state index in [1.165, 1.54) is 54.1 Å². The highest BCUT2D eigenvalue weighted by Gasteiger charge is 2.16. The maximum absolute atomic E-state index is 3.93. The maximum Gasteiger partial charge on any atom is -0.0156 e. The molecule has 0 N–H and O–H groups in total. The standard InChI is InChI=1S/C21H27P/c1-3-16-6-10-17(11-7-16)19-12-13-20(21(22)14-19)18-8-4-15(2)5-9-18/h3,8,10,12-16H,1,4-7,9,11,22H2,2H3. The fourth-order valence-electron chi connectivity index (χ4n) is 3.60. The number of hydrogen-bond acceptors (Lipinski definition) is 0. The molecule has 1 aromatic carbocycles. The smallest absolute Gasteiger partial charge is 0.0156 e. The van der Waals surface area contributed by atoms with E-state index in [-0.39, 0.29) is 0 Å². The molecule has 0 saturated carbocycles. The van der Waals surface area contributed by atoms with Crippen LogP contribution in [0.15, 0.2) is 43.0 Å². The minimum atomic E-state index is 0.674. The Labute approximate surface area is 137 Å². The summed E-state index contributed by atoms with van der Waals surface area (Å²) in [5.41, 5.74) is 5.89. The quantitative estimate of drug-likeness (QED) is 0.492. The van der Waals surface area contributed by atoms with Gasteiger partial charge in [-0.2, -0.15) is 0 Å². The zero-order valence-corrected chi connectivity index (χ0v) is 14.8. The minimum absolute atomic E-state index is 0.674. The summed E-state index contributed by atoms with van der Waals surface area (Å²) < 4.78 is 0. The zero-order chi connectivity index (χ0) is 15.5. The van der Waals surface area contributed by atoms with Crippen LogP contribution in [0.3, 0.4) is 0 Å². The predicted octanol–water partition coefficient (Wildman–Crippen LogP) is 5.76. The monoisotopic (exact) mass is 310 g/mol. The Morgan fingerprint density at radius 3 is 2.45 bits per heavy atom. The molecule has 1 aromatic rings. The van der Waals surface area contributed by atoms with Crippen LogP contribution in [0.4, 0.5) is 0 Å². The van der Waals surface area contributed by atoms with Crippen LogP contribution in [0.25, 0.3) is 11.1 Å². The molecule has 116 valence electrons. The van der Waals surface area contributed by atoms with Crippen LogP contribution in [0.1, 0.15) is 56.6 Å². The molecule has 0 aliphatic heterocycles. The molecule has 3 rings (SSSR count). The highest BCUT2D eigenvalue weighted by atomic mass is 31.0. The van der Waals surface area contributed by atoms with Crippen LogP contribution >= 0.6 is 9.24 Å². The van der Waals surface area contributed by atoms with Crippen LogP contribution in [0.5, 0.6) is 0 Å². The molecule has 1 heteroatoms. The van der Waals surface area contributed by atoms with Gasteiger partial charge >= 0.3 is 0 Å². The molecular weight excluding hydrogens is 283 g/mol. The Kier molecular flexibility index (Phi) is 4.99. The molecule has 0 bridgehead atoms. The van der Waals surface area contributed by atoms with Gasteiger partial charge in [-0.25, -0.2) is 0 Å². The SMILES string of the molecule is C=CC1CC=C(c2ccc(C3=CCC(C)CC3)c(P)c2)CC1. The molecule has 0 amide bonds. The Hall–Kier alpha value is -1.13. The molecule has 0 nitrogen and oxygen atoms in total. The van der Waals surface area contributed by atoms with Gasteiger partial charge in [0.15, 0.2) is 0 Å². The van der Waals surface area contributed by atoms with Crippen molar-refractivity contribution in [1.29, 1.82) is 0 Å². The summed E-state index contributed by atoms with van der Waals surface area (Å²) in [6.07, 6.45) is 14.3. The molecule has 0 radical (unpaired) electrons. The first-order valence-corrected chi connectivity index (χ1v) is 9.16. The van der Waals surface area contributed by atoms with Crippen molar-refractivity contribution < 1.29 is 0 Å². The number of rotatable bonds is 3. The van der Waals surface area contributed by atoms with Crippen molar-refractivity contribution >= 4 is 25.7 Å². The van der Waals surface area contributed by atoms with E-state index in [0.717, 1.165) is 12.3 Å². The molecule has 0 spiro atoms. The van der Waals surface area contributed by atoms with Crippen molar-refractivity contribution in [2.75, 3.05) is 0 Å². The van der Waals surface area contributed by atoms with Crippen molar-refractivity contribution in [2.24, 2.45) is 11.8 Å². The summed E-state index contributed by atoms with van der Waals surface area (Å²) in [5, 5.41) is 1.35.